The van der Waals surface area contributed by atoms with Crippen molar-refractivity contribution >= 4 is 16.8 Å². The molecule has 4 heteroatoms. The topological polar surface area (TPSA) is 54.0 Å². The number of fused-ring (bicyclic) bond motifs is 3. The van der Waals surface area contributed by atoms with Crippen LogP contribution in [-0.4, -0.2) is 30.5 Å². The van der Waals surface area contributed by atoms with Gasteiger partial charge in [0.2, 0.25) is 0 Å². The number of carbonyl (C=O) groups excluding carboxylic acids is 1. The summed E-state index contributed by atoms with van der Waals surface area (Å²) in [7, 11) is 0. The van der Waals surface area contributed by atoms with Crippen molar-refractivity contribution in [2.24, 2.45) is 11.3 Å². The number of hydrogen-bond donors (Lipinski definition) is 2. The highest BCUT2D eigenvalue weighted by Gasteiger charge is 2.39. The molecular weight excluding hydrogens is 358 g/mol. The van der Waals surface area contributed by atoms with Crippen molar-refractivity contribution in [2.45, 2.75) is 64.7 Å². The van der Waals surface area contributed by atoms with Gasteiger partial charge in [-0.3, -0.25) is 9.78 Å². The highest BCUT2D eigenvalue weighted by atomic mass is 16.1. The second-order valence-corrected chi connectivity index (χ2v) is 9.17. The summed E-state index contributed by atoms with van der Waals surface area (Å²) in [5.41, 5.74) is 3.13. The zero-order chi connectivity index (χ0) is 20.1. The van der Waals surface area contributed by atoms with Gasteiger partial charge in [0, 0.05) is 23.2 Å². The SMILES string of the molecule is CCNCCCc1ccc2c(C(=O)NCC34CCCC(CCC3)C4)cccc2n1. The van der Waals surface area contributed by atoms with E-state index in [2.05, 4.69) is 29.7 Å². The Morgan fingerprint density at radius 2 is 2.00 bits per heavy atom. The van der Waals surface area contributed by atoms with Crippen molar-refractivity contribution in [1.82, 2.24) is 15.6 Å². The van der Waals surface area contributed by atoms with Crippen LogP contribution in [0.15, 0.2) is 30.3 Å². The fourth-order valence-electron chi connectivity index (χ4n) is 5.54. The Bertz CT molecular complexity index is 837. The minimum absolute atomic E-state index is 0.0550. The minimum atomic E-state index is 0.0550. The van der Waals surface area contributed by atoms with E-state index < -0.39 is 0 Å². The van der Waals surface area contributed by atoms with Gasteiger partial charge in [-0.05, 0) is 74.7 Å². The maximum absolute atomic E-state index is 13.0. The first-order valence-corrected chi connectivity index (χ1v) is 11.6. The number of carbonyl (C=O) groups is 1. The number of aryl methyl sites for hydroxylation is 1. The monoisotopic (exact) mass is 393 g/mol. The second kappa shape index (κ2) is 9.25. The van der Waals surface area contributed by atoms with E-state index in [-0.39, 0.29) is 5.91 Å². The predicted octanol–water partition coefficient (Wildman–Crippen LogP) is 4.87. The van der Waals surface area contributed by atoms with Crippen LogP contribution in [0, 0.1) is 11.3 Å². The van der Waals surface area contributed by atoms with E-state index in [9.17, 15) is 4.79 Å². The molecule has 0 atom stereocenters. The van der Waals surface area contributed by atoms with Crippen LogP contribution in [0.3, 0.4) is 0 Å². The van der Waals surface area contributed by atoms with Gasteiger partial charge in [0.15, 0.2) is 0 Å². The lowest BCUT2D eigenvalue weighted by Crippen LogP contribution is -2.42. The number of rotatable bonds is 8. The summed E-state index contributed by atoms with van der Waals surface area (Å²) in [5, 5.41) is 7.61. The van der Waals surface area contributed by atoms with Crippen molar-refractivity contribution in [3.63, 3.8) is 0 Å². The fourth-order valence-corrected chi connectivity index (χ4v) is 5.54. The molecule has 0 radical (unpaired) electrons. The summed E-state index contributed by atoms with van der Waals surface area (Å²) in [6, 6.07) is 10.1. The van der Waals surface area contributed by atoms with Gasteiger partial charge in [0.1, 0.15) is 0 Å². The lowest BCUT2D eigenvalue weighted by Gasteiger charge is -2.45. The summed E-state index contributed by atoms with van der Waals surface area (Å²) in [6.45, 7) is 4.98. The molecule has 1 aromatic carbocycles. The Balaban J connectivity index is 1.43. The molecule has 1 amide bonds. The van der Waals surface area contributed by atoms with Crippen LogP contribution in [0.2, 0.25) is 0 Å². The molecule has 2 bridgehead atoms. The van der Waals surface area contributed by atoms with E-state index in [1.54, 1.807) is 0 Å². The predicted molar refractivity (Wildman–Crippen MR) is 119 cm³/mol. The highest BCUT2D eigenvalue weighted by Crippen LogP contribution is 2.48. The van der Waals surface area contributed by atoms with Crippen LogP contribution in [0.25, 0.3) is 10.9 Å². The van der Waals surface area contributed by atoms with Gasteiger partial charge in [-0.1, -0.05) is 44.7 Å². The maximum Gasteiger partial charge on any atom is 0.251 e. The van der Waals surface area contributed by atoms with Crippen molar-refractivity contribution < 1.29 is 4.79 Å². The summed E-state index contributed by atoms with van der Waals surface area (Å²) in [6.07, 6.45) is 11.3. The number of pyridine rings is 1. The standard InChI is InChI=1S/C25H35N3O/c1-2-26-16-6-9-20-12-13-21-22(10-3-11-23(21)28-20)24(29)27-18-25-14-4-7-19(17-25)8-5-15-25/h3,10-13,19,26H,2,4-9,14-18H2,1H3,(H,27,29). The van der Waals surface area contributed by atoms with Crippen molar-refractivity contribution in [2.75, 3.05) is 19.6 Å². The van der Waals surface area contributed by atoms with E-state index >= 15 is 0 Å². The van der Waals surface area contributed by atoms with Crippen molar-refractivity contribution in [3.8, 4) is 0 Å². The third-order valence-corrected chi connectivity index (χ3v) is 7.06. The molecule has 0 spiro atoms. The summed E-state index contributed by atoms with van der Waals surface area (Å²) >= 11 is 0. The molecule has 2 aliphatic rings. The number of amides is 1. The summed E-state index contributed by atoms with van der Waals surface area (Å²) in [4.78, 5) is 17.8. The molecule has 4 nitrogen and oxygen atoms in total. The molecule has 2 aliphatic carbocycles. The first kappa shape index (κ1) is 20.3. The van der Waals surface area contributed by atoms with E-state index in [1.807, 2.05) is 18.2 Å². The van der Waals surface area contributed by atoms with Crippen LogP contribution in [-0.2, 0) is 6.42 Å². The van der Waals surface area contributed by atoms with Crippen LogP contribution >= 0.6 is 0 Å². The second-order valence-electron chi connectivity index (χ2n) is 9.17. The lowest BCUT2D eigenvalue weighted by atomic mass is 9.62. The maximum atomic E-state index is 13.0. The first-order chi connectivity index (χ1) is 14.2. The van der Waals surface area contributed by atoms with Gasteiger partial charge < -0.3 is 10.6 Å². The fraction of sp³-hybridized carbons (Fsp3) is 0.600. The molecule has 2 saturated carbocycles. The molecule has 0 saturated heterocycles. The molecule has 0 unspecified atom stereocenters. The molecule has 0 aliphatic heterocycles. The molecule has 2 aromatic rings. The van der Waals surface area contributed by atoms with Gasteiger partial charge in [0.05, 0.1) is 5.52 Å². The van der Waals surface area contributed by atoms with Gasteiger partial charge in [-0.2, -0.15) is 0 Å². The van der Waals surface area contributed by atoms with Crippen LogP contribution in [0.1, 0.15) is 74.3 Å². The number of nitrogens with one attached hydrogen (secondary N) is 2. The summed E-state index contributed by atoms with van der Waals surface area (Å²) in [5.74, 6) is 0.946. The quantitative estimate of drug-likeness (QED) is 0.629. The van der Waals surface area contributed by atoms with Crippen LogP contribution in [0.5, 0.6) is 0 Å². The molecule has 1 heterocycles. The zero-order valence-electron chi connectivity index (χ0n) is 17.8. The van der Waals surface area contributed by atoms with Crippen molar-refractivity contribution in [3.05, 3.63) is 41.6 Å². The molecule has 1 aromatic heterocycles. The smallest absolute Gasteiger partial charge is 0.251 e. The van der Waals surface area contributed by atoms with Gasteiger partial charge in [-0.25, -0.2) is 0 Å². The molecule has 29 heavy (non-hydrogen) atoms. The lowest BCUT2D eigenvalue weighted by molar-refractivity contribution is 0.0682. The van der Waals surface area contributed by atoms with Gasteiger partial charge in [-0.15, -0.1) is 0 Å². The average molecular weight is 394 g/mol. The molecule has 4 rings (SSSR count). The largest absolute Gasteiger partial charge is 0.351 e. The van der Waals surface area contributed by atoms with E-state index in [4.69, 9.17) is 4.98 Å². The first-order valence-electron chi connectivity index (χ1n) is 11.6. The third-order valence-electron chi connectivity index (χ3n) is 7.06. The number of nitrogens with zero attached hydrogens (tertiary/aromatic N) is 1. The number of aromatic nitrogens is 1. The highest BCUT2D eigenvalue weighted by molar-refractivity contribution is 6.06. The van der Waals surface area contributed by atoms with E-state index in [0.717, 1.165) is 60.6 Å². The molecule has 2 fully saturated rings. The Morgan fingerprint density at radius 1 is 1.17 bits per heavy atom. The number of hydrogen-bond acceptors (Lipinski definition) is 3. The number of benzene rings is 1. The summed E-state index contributed by atoms with van der Waals surface area (Å²) < 4.78 is 0. The molecule has 2 N–H and O–H groups in total. The van der Waals surface area contributed by atoms with E-state index in [0.29, 0.717) is 5.41 Å². The third kappa shape index (κ3) is 4.80. The molecular formula is C25H35N3O. The van der Waals surface area contributed by atoms with Gasteiger partial charge >= 0.3 is 0 Å². The Labute approximate surface area is 174 Å². The van der Waals surface area contributed by atoms with Crippen molar-refractivity contribution in [1.29, 1.82) is 0 Å². The van der Waals surface area contributed by atoms with E-state index in [1.165, 1.54) is 44.9 Å². The normalized spacial score (nSPS) is 23.8. The zero-order valence-corrected chi connectivity index (χ0v) is 17.8. The Morgan fingerprint density at radius 3 is 2.79 bits per heavy atom. The van der Waals surface area contributed by atoms with Gasteiger partial charge in [0.25, 0.3) is 5.91 Å². The van der Waals surface area contributed by atoms with Crippen LogP contribution < -0.4 is 10.6 Å². The minimum Gasteiger partial charge on any atom is -0.351 e. The Kier molecular flexibility index (Phi) is 6.49. The molecule has 156 valence electrons. The average Bonchev–Trinajstić information content (AvgIpc) is 2.75. The van der Waals surface area contributed by atoms with Crippen LogP contribution in [0.4, 0.5) is 0 Å². The Hall–Kier alpha value is -1.94.